The number of fused-ring (bicyclic) bond motifs is 1. The highest BCUT2D eigenvalue weighted by molar-refractivity contribution is 6.07. The Morgan fingerprint density at radius 2 is 1.92 bits per heavy atom. The highest BCUT2D eigenvalue weighted by atomic mass is 19.1. The molecule has 1 amide bonds. The summed E-state index contributed by atoms with van der Waals surface area (Å²) in [5.41, 5.74) is 2.62. The van der Waals surface area contributed by atoms with E-state index in [9.17, 15) is 9.18 Å². The van der Waals surface area contributed by atoms with Crippen LogP contribution < -0.4 is 5.32 Å². The molecule has 0 aliphatic heterocycles. The number of aryl methyl sites for hydroxylation is 1. The van der Waals surface area contributed by atoms with Gasteiger partial charge in [-0.15, -0.1) is 0 Å². The fraction of sp³-hybridized carbons (Fsp3) is 0.316. The average molecular weight is 341 g/mol. The normalized spacial score (nSPS) is 11.2. The summed E-state index contributed by atoms with van der Waals surface area (Å²) in [4.78, 5) is 17.2. The molecule has 0 spiro atoms. The lowest BCUT2D eigenvalue weighted by molar-refractivity contribution is 0.0936. The summed E-state index contributed by atoms with van der Waals surface area (Å²) >= 11 is 0. The van der Waals surface area contributed by atoms with Crippen LogP contribution in [0.15, 0.2) is 34.9 Å². The molecule has 5 nitrogen and oxygen atoms in total. The lowest BCUT2D eigenvalue weighted by atomic mass is 10.0. The standard InChI is InChI=1S/C19H20FN3O2/c1-4-14(5-2)21-18(24)15-10-16(12-6-8-13(20)9-7-12)22-19-17(15)11(3)23-25-19/h6-10,14H,4-5H2,1-3H3,(H,21,24). The third kappa shape index (κ3) is 3.38. The number of nitrogens with one attached hydrogen (secondary N) is 1. The first-order chi connectivity index (χ1) is 12.0. The minimum atomic E-state index is -0.327. The van der Waals surface area contributed by atoms with Crippen molar-refractivity contribution >= 4 is 17.0 Å². The van der Waals surface area contributed by atoms with E-state index in [1.165, 1.54) is 12.1 Å². The van der Waals surface area contributed by atoms with E-state index in [0.717, 1.165) is 12.8 Å². The highest BCUT2D eigenvalue weighted by Gasteiger charge is 2.20. The van der Waals surface area contributed by atoms with Gasteiger partial charge in [-0.05, 0) is 50.1 Å². The number of carbonyl (C=O) groups excluding carboxylic acids is 1. The smallest absolute Gasteiger partial charge is 0.259 e. The number of halogens is 1. The molecule has 3 aromatic rings. The van der Waals surface area contributed by atoms with Gasteiger partial charge in [0.25, 0.3) is 11.6 Å². The van der Waals surface area contributed by atoms with Crippen LogP contribution in [0.25, 0.3) is 22.4 Å². The molecule has 6 heteroatoms. The number of amides is 1. The third-order valence-corrected chi connectivity index (χ3v) is 4.32. The highest BCUT2D eigenvalue weighted by Crippen LogP contribution is 2.27. The average Bonchev–Trinajstić information content (AvgIpc) is 3.00. The Morgan fingerprint density at radius 1 is 1.24 bits per heavy atom. The number of benzene rings is 1. The maximum absolute atomic E-state index is 13.2. The van der Waals surface area contributed by atoms with Crippen LogP contribution >= 0.6 is 0 Å². The Kier molecular flexibility index (Phi) is 4.79. The van der Waals surface area contributed by atoms with Crippen molar-refractivity contribution in [1.82, 2.24) is 15.5 Å². The summed E-state index contributed by atoms with van der Waals surface area (Å²) in [6, 6.07) is 7.76. The molecule has 0 atom stereocenters. The molecule has 130 valence electrons. The summed E-state index contributed by atoms with van der Waals surface area (Å²) in [6.07, 6.45) is 1.70. The number of carbonyl (C=O) groups is 1. The van der Waals surface area contributed by atoms with Gasteiger partial charge in [0.05, 0.1) is 22.3 Å². The monoisotopic (exact) mass is 341 g/mol. The molecule has 0 fully saturated rings. The molecule has 0 bridgehead atoms. The zero-order chi connectivity index (χ0) is 18.0. The Hall–Kier alpha value is -2.76. The van der Waals surface area contributed by atoms with Gasteiger partial charge in [-0.25, -0.2) is 9.37 Å². The second kappa shape index (κ2) is 7.01. The van der Waals surface area contributed by atoms with Gasteiger partial charge in [0, 0.05) is 11.6 Å². The largest absolute Gasteiger partial charge is 0.349 e. The zero-order valence-electron chi connectivity index (χ0n) is 14.5. The first kappa shape index (κ1) is 17.1. The van der Waals surface area contributed by atoms with Gasteiger partial charge in [-0.3, -0.25) is 4.79 Å². The first-order valence-electron chi connectivity index (χ1n) is 8.37. The lowest BCUT2D eigenvalue weighted by Crippen LogP contribution is -2.34. The predicted molar refractivity (Wildman–Crippen MR) is 93.8 cm³/mol. The van der Waals surface area contributed by atoms with Crippen molar-refractivity contribution in [1.29, 1.82) is 0 Å². The van der Waals surface area contributed by atoms with Crippen molar-refractivity contribution in [3.63, 3.8) is 0 Å². The summed E-state index contributed by atoms with van der Waals surface area (Å²) < 4.78 is 18.4. The van der Waals surface area contributed by atoms with E-state index in [4.69, 9.17) is 4.52 Å². The first-order valence-corrected chi connectivity index (χ1v) is 8.37. The van der Waals surface area contributed by atoms with Crippen LogP contribution in [0.5, 0.6) is 0 Å². The van der Waals surface area contributed by atoms with E-state index < -0.39 is 0 Å². The minimum Gasteiger partial charge on any atom is -0.349 e. The minimum absolute atomic E-state index is 0.102. The maximum atomic E-state index is 13.2. The van der Waals surface area contributed by atoms with Crippen LogP contribution in [-0.2, 0) is 0 Å². The van der Waals surface area contributed by atoms with Gasteiger partial charge in [-0.2, -0.15) is 0 Å². The molecular formula is C19H20FN3O2. The Balaban J connectivity index is 2.10. The number of nitrogens with zero attached hydrogens (tertiary/aromatic N) is 2. The van der Waals surface area contributed by atoms with Crippen molar-refractivity contribution in [3.8, 4) is 11.3 Å². The molecule has 0 unspecified atom stereocenters. The van der Waals surface area contributed by atoms with E-state index in [1.807, 2.05) is 13.8 Å². The van der Waals surface area contributed by atoms with Gasteiger partial charge in [0.1, 0.15) is 5.82 Å². The van der Waals surface area contributed by atoms with Gasteiger partial charge < -0.3 is 9.84 Å². The van der Waals surface area contributed by atoms with Crippen molar-refractivity contribution in [2.75, 3.05) is 0 Å². The van der Waals surface area contributed by atoms with Gasteiger partial charge >= 0.3 is 0 Å². The van der Waals surface area contributed by atoms with Crippen LogP contribution in [0.1, 0.15) is 42.7 Å². The van der Waals surface area contributed by atoms with E-state index in [1.54, 1.807) is 25.1 Å². The Bertz CT molecular complexity index is 899. The molecule has 0 saturated heterocycles. The topological polar surface area (TPSA) is 68.0 Å². The Morgan fingerprint density at radius 3 is 2.56 bits per heavy atom. The van der Waals surface area contributed by atoms with Crippen molar-refractivity contribution < 1.29 is 13.7 Å². The predicted octanol–water partition coefficient (Wildman–Crippen LogP) is 4.26. The fourth-order valence-electron chi connectivity index (χ4n) is 2.80. The number of pyridine rings is 1. The van der Waals surface area contributed by atoms with Crippen molar-refractivity contribution in [2.45, 2.75) is 39.7 Å². The molecule has 0 aliphatic carbocycles. The second-order valence-electron chi connectivity index (χ2n) is 6.00. The fourth-order valence-corrected chi connectivity index (χ4v) is 2.80. The molecule has 2 aromatic heterocycles. The van der Waals surface area contributed by atoms with Gasteiger partial charge in [0.15, 0.2) is 0 Å². The van der Waals surface area contributed by atoms with E-state index >= 15 is 0 Å². The molecule has 25 heavy (non-hydrogen) atoms. The molecule has 2 heterocycles. The van der Waals surface area contributed by atoms with Crippen molar-refractivity contribution in [3.05, 3.63) is 47.4 Å². The molecule has 0 radical (unpaired) electrons. The van der Waals surface area contributed by atoms with E-state index in [-0.39, 0.29) is 17.8 Å². The third-order valence-electron chi connectivity index (χ3n) is 4.32. The lowest BCUT2D eigenvalue weighted by Gasteiger charge is -2.15. The second-order valence-corrected chi connectivity index (χ2v) is 6.00. The number of hydrogen-bond donors (Lipinski definition) is 1. The molecule has 1 aromatic carbocycles. The molecule has 0 saturated carbocycles. The van der Waals surface area contributed by atoms with Gasteiger partial charge in [-0.1, -0.05) is 19.0 Å². The van der Waals surface area contributed by atoms with Crippen LogP contribution in [-0.4, -0.2) is 22.1 Å². The summed E-state index contributed by atoms with van der Waals surface area (Å²) in [7, 11) is 0. The van der Waals surface area contributed by atoms with Crippen LogP contribution in [0.3, 0.4) is 0 Å². The maximum Gasteiger partial charge on any atom is 0.259 e. The number of hydrogen-bond acceptors (Lipinski definition) is 4. The van der Waals surface area contributed by atoms with Crippen LogP contribution in [0.2, 0.25) is 0 Å². The summed E-state index contributed by atoms with van der Waals surface area (Å²) in [6.45, 7) is 5.84. The summed E-state index contributed by atoms with van der Waals surface area (Å²) in [5, 5.41) is 7.57. The molecule has 1 N–H and O–H groups in total. The SMILES string of the molecule is CCC(CC)NC(=O)c1cc(-c2ccc(F)cc2)nc2onc(C)c12. The van der Waals surface area contributed by atoms with E-state index in [2.05, 4.69) is 15.5 Å². The molecular weight excluding hydrogens is 321 g/mol. The molecule has 3 rings (SSSR count). The van der Waals surface area contributed by atoms with Crippen LogP contribution in [0, 0.1) is 12.7 Å². The molecule has 0 aliphatic rings. The van der Waals surface area contributed by atoms with Crippen molar-refractivity contribution in [2.24, 2.45) is 0 Å². The Labute approximate surface area is 145 Å². The van der Waals surface area contributed by atoms with Gasteiger partial charge in [0.2, 0.25) is 0 Å². The van der Waals surface area contributed by atoms with Crippen LogP contribution in [0.4, 0.5) is 4.39 Å². The quantitative estimate of drug-likeness (QED) is 0.753. The number of aromatic nitrogens is 2. The van der Waals surface area contributed by atoms with E-state index in [0.29, 0.717) is 33.6 Å². The zero-order valence-corrected chi connectivity index (χ0v) is 14.5. The number of rotatable bonds is 5. The summed E-state index contributed by atoms with van der Waals surface area (Å²) in [5.74, 6) is -0.511.